The highest BCUT2D eigenvalue weighted by molar-refractivity contribution is 5.85. The van der Waals surface area contributed by atoms with Crippen LogP contribution in [0.15, 0.2) is 4.52 Å². The Morgan fingerprint density at radius 2 is 2.10 bits per heavy atom. The van der Waals surface area contributed by atoms with Crippen molar-refractivity contribution < 1.29 is 22.5 Å². The lowest BCUT2D eigenvalue weighted by atomic mass is 9.94. The number of carbonyl (C=O) groups is 1. The number of nitrogens with one attached hydrogen (secondary N) is 2. The fourth-order valence-corrected chi connectivity index (χ4v) is 2.36. The number of hydrogen-bond donors (Lipinski definition) is 2. The number of aryl methyl sites for hydroxylation is 2. The van der Waals surface area contributed by atoms with Gasteiger partial charge in [-0.05, 0) is 13.8 Å². The summed E-state index contributed by atoms with van der Waals surface area (Å²) < 4.78 is 43.2. The molecule has 0 aromatic carbocycles. The van der Waals surface area contributed by atoms with Crippen LogP contribution in [0.3, 0.4) is 0 Å². The van der Waals surface area contributed by atoms with Gasteiger partial charge in [0.15, 0.2) is 0 Å². The highest BCUT2D eigenvalue weighted by Gasteiger charge is 2.49. The van der Waals surface area contributed by atoms with Gasteiger partial charge in [-0.2, -0.15) is 13.2 Å². The van der Waals surface area contributed by atoms with E-state index < -0.39 is 23.9 Å². The van der Waals surface area contributed by atoms with Gasteiger partial charge in [-0.1, -0.05) is 5.16 Å². The molecule has 2 heterocycles. The number of aromatic nitrogens is 1. The first-order valence-electron chi connectivity index (χ1n) is 6.27. The minimum atomic E-state index is -4.37. The zero-order chi connectivity index (χ0) is 14.9. The van der Waals surface area contributed by atoms with E-state index in [1.807, 2.05) is 0 Å². The average Bonchev–Trinajstić information content (AvgIpc) is 2.94. The van der Waals surface area contributed by atoms with E-state index in [0.717, 1.165) is 0 Å². The van der Waals surface area contributed by atoms with E-state index in [0.29, 0.717) is 17.0 Å². The van der Waals surface area contributed by atoms with E-state index in [-0.39, 0.29) is 32.0 Å². The lowest BCUT2D eigenvalue weighted by molar-refractivity contribution is -0.182. The molecule has 1 aromatic rings. The molecule has 0 bridgehead atoms. The molecule has 0 spiro atoms. The van der Waals surface area contributed by atoms with Crippen LogP contribution >= 0.6 is 12.4 Å². The average molecular weight is 328 g/mol. The largest absolute Gasteiger partial charge is 0.393 e. The fraction of sp³-hybridized carbons (Fsp3) is 0.667. The summed E-state index contributed by atoms with van der Waals surface area (Å²) in [4.78, 5) is 11.9. The third-order valence-corrected chi connectivity index (χ3v) is 3.59. The van der Waals surface area contributed by atoms with E-state index >= 15 is 0 Å². The van der Waals surface area contributed by atoms with Crippen molar-refractivity contribution in [2.45, 2.75) is 26.6 Å². The first-order chi connectivity index (χ1) is 9.30. The minimum absolute atomic E-state index is 0. The molecule has 0 saturated carbocycles. The summed E-state index contributed by atoms with van der Waals surface area (Å²) in [5.74, 6) is -2.76. The second-order valence-electron chi connectivity index (χ2n) is 4.93. The summed E-state index contributed by atoms with van der Waals surface area (Å²) in [5.41, 5.74) is 1.33. The summed E-state index contributed by atoms with van der Waals surface area (Å²) in [6, 6.07) is 0. The second-order valence-corrected chi connectivity index (χ2v) is 4.93. The quantitative estimate of drug-likeness (QED) is 0.887. The molecule has 1 aliphatic heterocycles. The third kappa shape index (κ3) is 3.88. The molecule has 0 unspecified atom stereocenters. The van der Waals surface area contributed by atoms with Crippen molar-refractivity contribution in [1.29, 1.82) is 0 Å². The number of halogens is 4. The molecule has 1 fully saturated rings. The summed E-state index contributed by atoms with van der Waals surface area (Å²) in [6.07, 6.45) is -4.37. The van der Waals surface area contributed by atoms with Crippen LogP contribution in [-0.2, 0) is 11.3 Å². The van der Waals surface area contributed by atoms with E-state index in [2.05, 4.69) is 15.8 Å². The van der Waals surface area contributed by atoms with Gasteiger partial charge >= 0.3 is 6.18 Å². The molecule has 2 N–H and O–H groups in total. The molecule has 21 heavy (non-hydrogen) atoms. The van der Waals surface area contributed by atoms with Crippen molar-refractivity contribution in [3.8, 4) is 0 Å². The van der Waals surface area contributed by atoms with E-state index in [1.165, 1.54) is 0 Å². The molecule has 1 saturated heterocycles. The van der Waals surface area contributed by atoms with E-state index in [4.69, 9.17) is 4.52 Å². The summed E-state index contributed by atoms with van der Waals surface area (Å²) in [7, 11) is 0. The van der Waals surface area contributed by atoms with Crippen LogP contribution in [0.2, 0.25) is 0 Å². The lowest BCUT2D eigenvalue weighted by Crippen LogP contribution is -2.40. The molecule has 120 valence electrons. The predicted octanol–water partition coefficient (Wildman–Crippen LogP) is 1.73. The standard InChI is InChI=1S/C12H16F3N3O2.ClH/c1-6-8(7(2)20-18-6)4-17-11(19)9-3-16-5-10(9)12(13,14)15;/h9-10,16H,3-5H2,1-2H3,(H,17,19);1H/t9-,10-;/m1./s1. The van der Waals surface area contributed by atoms with Crippen LogP contribution in [0.1, 0.15) is 17.0 Å². The Hall–Kier alpha value is -1.28. The summed E-state index contributed by atoms with van der Waals surface area (Å²) in [5, 5.41) is 8.87. The molecule has 2 atom stereocenters. The monoisotopic (exact) mass is 327 g/mol. The van der Waals surface area contributed by atoms with Gasteiger partial charge in [0.05, 0.1) is 17.5 Å². The number of rotatable bonds is 3. The number of nitrogens with zero attached hydrogens (tertiary/aromatic N) is 1. The van der Waals surface area contributed by atoms with Gasteiger partial charge in [-0.15, -0.1) is 12.4 Å². The van der Waals surface area contributed by atoms with E-state index in [9.17, 15) is 18.0 Å². The molecule has 1 amide bonds. The minimum Gasteiger partial charge on any atom is -0.361 e. The second kappa shape index (κ2) is 6.65. The van der Waals surface area contributed by atoms with Crippen LogP contribution in [0.5, 0.6) is 0 Å². The van der Waals surface area contributed by atoms with Gasteiger partial charge in [0.1, 0.15) is 5.76 Å². The summed E-state index contributed by atoms with van der Waals surface area (Å²) in [6.45, 7) is 3.36. The third-order valence-electron chi connectivity index (χ3n) is 3.59. The van der Waals surface area contributed by atoms with Crippen molar-refractivity contribution >= 4 is 18.3 Å². The van der Waals surface area contributed by atoms with Gasteiger partial charge in [0.25, 0.3) is 0 Å². The Labute approximate surface area is 126 Å². The smallest absolute Gasteiger partial charge is 0.361 e. The van der Waals surface area contributed by atoms with Crippen molar-refractivity contribution in [3.63, 3.8) is 0 Å². The first-order valence-corrected chi connectivity index (χ1v) is 6.27. The number of alkyl halides is 3. The SMILES string of the molecule is Cc1noc(C)c1CNC(=O)[C@@H]1CNC[C@H]1C(F)(F)F.Cl. The first kappa shape index (κ1) is 17.8. The van der Waals surface area contributed by atoms with Gasteiger partial charge in [-0.3, -0.25) is 4.79 Å². The lowest BCUT2D eigenvalue weighted by Gasteiger charge is -2.20. The normalized spacial score (nSPS) is 22.0. The van der Waals surface area contributed by atoms with Crippen molar-refractivity contribution in [2.75, 3.05) is 13.1 Å². The van der Waals surface area contributed by atoms with Gasteiger partial charge in [0.2, 0.25) is 5.91 Å². The van der Waals surface area contributed by atoms with Crippen LogP contribution in [-0.4, -0.2) is 30.3 Å². The topological polar surface area (TPSA) is 67.2 Å². The molecular weight excluding hydrogens is 311 g/mol. The Morgan fingerprint density at radius 1 is 1.43 bits per heavy atom. The van der Waals surface area contributed by atoms with Crippen molar-refractivity contribution in [3.05, 3.63) is 17.0 Å². The van der Waals surface area contributed by atoms with Crippen molar-refractivity contribution in [2.24, 2.45) is 11.8 Å². The molecule has 0 aliphatic carbocycles. The zero-order valence-corrected chi connectivity index (χ0v) is 12.4. The zero-order valence-electron chi connectivity index (χ0n) is 11.6. The van der Waals surface area contributed by atoms with Crippen LogP contribution in [0.25, 0.3) is 0 Å². The highest BCUT2D eigenvalue weighted by atomic mass is 35.5. The molecular formula is C12H17ClF3N3O2. The highest BCUT2D eigenvalue weighted by Crippen LogP contribution is 2.34. The number of hydrogen-bond acceptors (Lipinski definition) is 4. The molecule has 1 aliphatic rings. The van der Waals surface area contributed by atoms with Gasteiger partial charge in [-0.25, -0.2) is 0 Å². The Morgan fingerprint density at radius 3 is 2.62 bits per heavy atom. The van der Waals surface area contributed by atoms with Crippen LogP contribution in [0, 0.1) is 25.7 Å². The van der Waals surface area contributed by atoms with Gasteiger partial charge < -0.3 is 15.2 Å². The van der Waals surface area contributed by atoms with Gasteiger partial charge in [0, 0.05) is 25.2 Å². The summed E-state index contributed by atoms with van der Waals surface area (Å²) >= 11 is 0. The predicted molar refractivity (Wildman–Crippen MR) is 71.0 cm³/mol. The van der Waals surface area contributed by atoms with E-state index in [1.54, 1.807) is 13.8 Å². The van der Waals surface area contributed by atoms with Crippen molar-refractivity contribution in [1.82, 2.24) is 15.8 Å². The maximum atomic E-state index is 12.8. The van der Waals surface area contributed by atoms with Crippen LogP contribution < -0.4 is 10.6 Å². The Kier molecular flexibility index (Phi) is 5.63. The Bertz CT molecular complexity index is 485. The number of amides is 1. The maximum absolute atomic E-state index is 12.8. The molecule has 1 aromatic heterocycles. The number of carbonyl (C=O) groups excluding carboxylic acids is 1. The molecule has 9 heteroatoms. The Balaban J connectivity index is 0.00000220. The molecule has 5 nitrogen and oxygen atoms in total. The molecule has 2 rings (SSSR count). The maximum Gasteiger partial charge on any atom is 0.393 e. The fourth-order valence-electron chi connectivity index (χ4n) is 2.36. The van der Waals surface area contributed by atoms with Crippen LogP contribution in [0.4, 0.5) is 13.2 Å². The molecule has 0 radical (unpaired) electrons.